The number of aliphatic hydroxyl groups is 1. The lowest BCUT2D eigenvalue weighted by atomic mass is 10.0. The van der Waals surface area contributed by atoms with Crippen molar-refractivity contribution >= 4 is 13.7 Å². The number of phosphoric ester groups is 1. The van der Waals surface area contributed by atoms with E-state index in [1.54, 1.807) is 6.08 Å². The van der Waals surface area contributed by atoms with E-state index >= 15 is 0 Å². The Bertz CT molecular complexity index is 1450. The van der Waals surface area contributed by atoms with Crippen LogP contribution >= 0.6 is 7.82 Å². The van der Waals surface area contributed by atoms with Crippen molar-refractivity contribution in [3.8, 4) is 0 Å². The third kappa shape index (κ3) is 70.4. The van der Waals surface area contributed by atoms with Crippen molar-refractivity contribution in [2.24, 2.45) is 0 Å². The van der Waals surface area contributed by atoms with Crippen molar-refractivity contribution in [1.29, 1.82) is 0 Å². The number of quaternary nitrogens is 1. The molecule has 3 atom stereocenters. The first-order valence-electron chi connectivity index (χ1n) is 38.7. The predicted molar refractivity (Wildman–Crippen MR) is 378 cm³/mol. The fourth-order valence-electron chi connectivity index (χ4n) is 12.2. The number of carbonyl (C=O) groups is 1. The predicted octanol–water partition coefficient (Wildman–Crippen LogP) is 25.0. The van der Waals surface area contributed by atoms with Gasteiger partial charge in [-0.15, -0.1) is 0 Å². The molecule has 0 radical (unpaired) electrons. The van der Waals surface area contributed by atoms with E-state index in [2.05, 4.69) is 31.3 Å². The maximum absolute atomic E-state index is 13.1. The second kappa shape index (κ2) is 68.3. The number of aliphatic hydroxyl groups excluding tert-OH is 1. The third-order valence-electron chi connectivity index (χ3n) is 18.2. The number of likely N-dealkylation sites (N-methyl/N-ethyl adjacent to an activating group) is 1. The highest BCUT2D eigenvalue weighted by Gasteiger charge is 2.28. The van der Waals surface area contributed by atoms with Crippen molar-refractivity contribution < 1.29 is 32.9 Å². The van der Waals surface area contributed by atoms with Crippen LogP contribution < -0.4 is 5.32 Å². The third-order valence-corrected chi connectivity index (χ3v) is 19.1. The Labute approximate surface area is 538 Å². The molecule has 0 aromatic heterocycles. The Morgan fingerprint density at radius 1 is 0.384 bits per heavy atom. The summed E-state index contributed by atoms with van der Waals surface area (Å²) in [5, 5.41) is 14.0. The number of phosphoric acid groups is 1. The molecule has 512 valence electrons. The average Bonchev–Trinajstić information content (AvgIpc) is 3.70. The summed E-state index contributed by atoms with van der Waals surface area (Å²) in [6.45, 7) is 4.89. The molecule has 3 unspecified atom stereocenters. The molecular weight excluding hydrogens is 1080 g/mol. The van der Waals surface area contributed by atoms with Crippen LogP contribution in [0, 0.1) is 0 Å². The van der Waals surface area contributed by atoms with E-state index in [9.17, 15) is 19.4 Å². The van der Waals surface area contributed by atoms with Crippen LogP contribution in [0.15, 0.2) is 24.3 Å². The molecule has 9 heteroatoms. The summed E-state index contributed by atoms with van der Waals surface area (Å²) in [7, 11) is 1.60. The number of amides is 1. The lowest BCUT2D eigenvalue weighted by molar-refractivity contribution is -0.870. The van der Waals surface area contributed by atoms with Gasteiger partial charge in [-0.1, -0.05) is 385 Å². The fourth-order valence-corrected chi connectivity index (χ4v) is 12.9. The molecule has 8 nitrogen and oxygen atoms in total. The van der Waals surface area contributed by atoms with Crippen molar-refractivity contribution in [3.05, 3.63) is 24.3 Å². The Morgan fingerprint density at radius 2 is 0.628 bits per heavy atom. The lowest BCUT2D eigenvalue weighted by Crippen LogP contribution is -2.45. The first-order chi connectivity index (χ1) is 42.0. The number of hydrogen-bond acceptors (Lipinski definition) is 5. The van der Waals surface area contributed by atoms with Gasteiger partial charge in [-0.3, -0.25) is 13.8 Å². The molecule has 0 aliphatic rings. The highest BCUT2D eigenvalue weighted by molar-refractivity contribution is 7.47. The van der Waals surface area contributed by atoms with Crippen LogP contribution in [0.2, 0.25) is 0 Å². The molecule has 0 spiro atoms. The zero-order chi connectivity index (χ0) is 62.6. The van der Waals surface area contributed by atoms with Gasteiger partial charge in [-0.05, 0) is 44.9 Å². The van der Waals surface area contributed by atoms with Crippen LogP contribution in [0.3, 0.4) is 0 Å². The maximum Gasteiger partial charge on any atom is 0.472 e. The Hall–Kier alpha value is -1.02. The molecular formula is C77H154N2O6P+. The van der Waals surface area contributed by atoms with Crippen LogP contribution in [-0.2, 0) is 18.4 Å². The molecule has 86 heavy (non-hydrogen) atoms. The monoisotopic (exact) mass is 1230 g/mol. The number of carbonyl (C=O) groups excluding carboxylic acids is 1. The second-order valence-corrected chi connectivity index (χ2v) is 29.5. The lowest BCUT2D eigenvalue weighted by Gasteiger charge is -2.25. The first-order valence-corrected chi connectivity index (χ1v) is 40.2. The summed E-state index contributed by atoms with van der Waals surface area (Å²) >= 11 is 0. The summed E-state index contributed by atoms with van der Waals surface area (Å²) in [6, 6.07) is -0.845. The van der Waals surface area contributed by atoms with E-state index in [1.165, 1.54) is 360 Å². The molecule has 1 amide bonds. The molecule has 0 aromatic rings. The minimum absolute atomic E-state index is 0.0649. The van der Waals surface area contributed by atoms with Gasteiger partial charge in [0.05, 0.1) is 39.9 Å². The van der Waals surface area contributed by atoms with E-state index < -0.39 is 20.0 Å². The van der Waals surface area contributed by atoms with Crippen LogP contribution in [0.4, 0.5) is 0 Å². The van der Waals surface area contributed by atoms with Crippen molar-refractivity contribution in [2.45, 2.75) is 424 Å². The summed E-state index contributed by atoms with van der Waals surface area (Å²) in [6.07, 6.45) is 90.8. The summed E-state index contributed by atoms with van der Waals surface area (Å²) in [4.78, 5) is 23.5. The van der Waals surface area contributed by atoms with Gasteiger partial charge in [0.1, 0.15) is 13.2 Å². The van der Waals surface area contributed by atoms with Gasteiger partial charge in [-0.25, -0.2) is 4.57 Å². The number of nitrogens with zero attached hydrogens (tertiary/aromatic N) is 1. The van der Waals surface area contributed by atoms with Crippen LogP contribution in [0.25, 0.3) is 0 Å². The molecule has 0 saturated carbocycles. The summed E-state index contributed by atoms with van der Waals surface area (Å²) in [5.74, 6) is -0.167. The van der Waals surface area contributed by atoms with Crippen LogP contribution in [0.5, 0.6) is 0 Å². The van der Waals surface area contributed by atoms with Gasteiger partial charge >= 0.3 is 7.82 Å². The van der Waals surface area contributed by atoms with E-state index in [-0.39, 0.29) is 19.1 Å². The largest absolute Gasteiger partial charge is 0.472 e. The van der Waals surface area contributed by atoms with E-state index in [0.717, 1.165) is 32.1 Å². The second-order valence-electron chi connectivity index (χ2n) is 28.1. The van der Waals surface area contributed by atoms with Gasteiger partial charge in [0.25, 0.3) is 0 Å². The van der Waals surface area contributed by atoms with Crippen LogP contribution in [0.1, 0.15) is 412 Å². The average molecular weight is 1240 g/mol. The molecule has 3 N–H and O–H groups in total. The minimum atomic E-state index is -4.35. The van der Waals surface area contributed by atoms with Gasteiger partial charge < -0.3 is 19.8 Å². The standard InChI is InChI=1S/C77H153N2O6P/c1-6-8-10-12-14-16-18-20-22-24-26-28-30-32-34-35-36-37-38-39-40-41-42-43-45-47-49-51-53-55-57-59-61-63-65-67-69-71-77(81)78-75(74-85-86(82,83)84-73-72-79(3,4)5)76(80)70-68-66-64-62-60-58-56-54-52-50-48-46-44-33-31-29-27-25-23-21-19-17-15-13-11-9-7-2/h24,26,68,70,75-76,80H,6-23,25,27-67,69,71-74H2,1-5H3,(H-,78,81,82,83)/p+1/b26-24-,70-68+. The topological polar surface area (TPSA) is 105 Å². The zero-order valence-corrected chi connectivity index (χ0v) is 59.7. The summed E-state index contributed by atoms with van der Waals surface area (Å²) in [5.41, 5.74) is 0. The summed E-state index contributed by atoms with van der Waals surface area (Å²) < 4.78 is 23.9. The van der Waals surface area contributed by atoms with Gasteiger partial charge in [0, 0.05) is 6.42 Å². The van der Waals surface area contributed by atoms with E-state index in [4.69, 9.17) is 9.05 Å². The van der Waals surface area contributed by atoms with Crippen molar-refractivity contribution in [1.82, 2.24) is 5.32 Å². The molecule has 0 fully saturated rings. The Morgan fingerprint density at radius 3 is 0.895 bits per heavy atom. The smallest absolute Gasteiger partial charge is 0.387 e. The van der Waals surface area contributed by atoms with Gasteiger partial charge in [-0.2, -0.15) is 0 Å². The molecule has 0 bridgehead atoms. The maximum atomic E-state index is 13.1. The molecule has 0 heterocycles. The Balaban J connectivity index is 3.94. The molecule has 0 aromatic carbocycles. The van der Waals surface area contributed by atoms with Crippen molar-refractivity contribution in [3.63, 3.8) is 0 Å². The van der Waals surface area contributed by atoms with Gasteiger partial charge in [0.2, 0.25) is 5.91 Å². The number of hydrogen-bond donors (Lipinski definition) is 3. The SMILES string of the molecule is CCCCCCCCCC/C=C\CCCCCCCCCCCCCCCCCCCCCCCCCCCC(=O)NC(COP(=O)(O)OCC[N+](C)(C)C)C(O)/C=C/CCCCCCCCCCCCCCCCCCCCCCCCCCC. The highest BCUT2D eigenvalue weighted by Crippen LogP contribution is 2.43. The van der Waals surface area contributed by atoms with Gasteiger partial charge in [0.15, 0.2) is 0 Å². The van der Waals surface area contributed by atoms with E-state index in [1.807, 2.05) is 27.2 Å². The highest BCUT2D eigenvalue weighted by atomic mass is 31.2. The number of unbranched alkanes of at least 4 members (excludes halogenated alkanes) is 58. The quantitative estimate of drug-likeness (QED) is 0.0243. The fraction of sp³-hybridized carbons (Fsp3) is 0.935. The zero-order valence-electron chi connectivity index (χ0n) is 58.8. The minimum Gasteiger partial charge on any atom is -0.387 e. The number of nitrogens with one attached hydrogen (secondary N) is 1. The Kier molecular flexibility index (Phi) is 67.5. The normalized spacial score (nSPS) is 13.6. The van der Waals surface area contributed by atoms with Crippen molar-refractivity contribution in [2.75, 3.05) is 40.9 Å². The molecule has 0 aliphatic heterocycles. The van der Waals surface area contributed by atoms with Crippen LogP contribution in [-0.4, -0.2) is 73.4 Å². The molecule has 0 aliphatic carbocycles. The molecule has 0 saturated heterocycles. The van der Waals surface area contributed by atoms with E-state index in [0.29, 0.717) is 17.4 Å². The number of allylic oxidation sites excluding steroid dienone is 3. The molecule has 0 rings (SSSR count). The first kappa shape index (κ1) is 85.0. The number of rotatable bonds is 73.